The third-order valence-electron chi connectivity index (χ3n) is 4.20. The summed E-state index contributed by atoms with van der Waals surface area (Å²) in [5, 5.41) is 3.43. The molecule has 0 bridgehead atoms. The molecule has 0 amide bonds. The Labute approximate surface area is 137 Å². The van der Waals surface area contributed by atoms with E-state index < -0.39 is 0 Å². The molecule has 1 saturated carbocycles. The Hall–Kier alpha value is -2.07. The van der Waals surface area contributed by atoms with Crippen LogP contribution in [-0.4, -0.2) is 18.2 Å². The molecule has 1 aliphatic rings. The van der Waals surface area contributed by atoms with Gasteiger partial charge in [0.2, 0.25) is 0 Å². The van der Waals surface area contributed by atoms with Crippen molar-refractivity contribution in [2.75, 3.05) is 7.11 Å². The lowest BCUT2D eigenvalue weighted by atomic mass is 10.2. The van der Waals surface area contributed by atoms with Crippen LogP contribution < -0.4 is 14.8 Å². The van der Waals surface area contributed by atoms with Crippen molar-refractivity contribution in [3.05, 3.63) is 53.9 Å². The number of benzene rings is 1. The van der Waals surface area contributed by atoms with Crippen LogP contribution in [0.5, 0.6) is 11.5 Å². The quantitative estimate of drug-likeness (QED) is 0.846. The smallest absolute Gasteiger partial charge is 0.161 e. The van der Waals surface area contributed by atoms with Crippen LogP contribution in [0.25, 0.3) is 0 Å². The third-order valence-corrected chi connectivity index (χ3v) is 4.20. The van der Waals surface area contributed by atoms with Gasteiger partial charge in [-0.3, -0.25) is 4.98 Å². The van der Waals surface area contributed by atoms with Crippen LogP contribution in [0.2, 0.25) is 0 Å². The second-order valence-corrected chi connectivity index (χ2v) is 5.97. The van der Waals surface area contributed by atoms with E-state index in [0.29, 0.717) is 6.10 Å². The molecule has 1 aliphatic carbocycles. The van der Waals surface area contributed by atoms with E-state index in [1.807, 2.05) is 18.3 Å². The maximum absolute atomic E-state index is 6.07. The molecule has 1 aromatic carbocycles. The van der Waals surface area contributed by atoms with Crippen LogP contribution in [0.4, 0.5) is 0 Å². The van der Waals surface area contributed by atoms with E-state index in [4.69, 9.17) is 9.47 Å². The first kappa shape index (κ1) is 15.8. The van der Waals surface area contributed by atoms with Gasteiger partial charge >= 0.3 is 0 Å². The number of hydrogen-bond acceptors (Lipinski definition) is 4. The van der Waals surface area contributed by atoms with Crippen molar-refractivity contribution in [1.29, 1.82) is 0 Å². The molecule has 2 aromatic rings. The van der Waals surface area contributed by atoms with Gasteiger partial charge in [0.05, 0.1) is 13.2 Å². The molecule has 1 fully saturated rings. The summed E-state index contributed by atoms with van der Waals surface area (Å²) in [5.74, 6) is 1.67. The lowest BCUT2D eigenvalue weighted by Crippen LogP contribution is -2.14. The summed E-state index contributed by atoms with van der Waals surface area (Å²) in [7, 11) is 1.70. The first-order valence-electron chi connectivity index (χ1n) is 8.28. The number of nitrogens with one attached hydrogen (secondary N) is 1. The molecule has 1 heterocycles. The minimum absolute atomic E-state index is 0.346. The topological polar surface area (TPSA) is 43.4 Å². The van der Waals surface area contributed by atoms with E-state index in [-0.39, 0.29) is 0 Å². The molecular weight excluding hydrogens is 288 g/mol. The highest BCUT2D eigenvalue weighted by atomic mass is 16.5. The summed E-state index contributed by atoms with van der Waals surface area (Å²) in [4.78, 5) is 4.12. The number of hydrogen-bond donors (Lipinski definition) is 1. The minimum atomic E-state index is 0.346. The van der Waals surface area contributed by atoms with Crippen LogP contribution in [-0.2, 0) is 13.1 Å². The fourth-order valence-corrected chi connectivity index (χ4v) is 2.96. The van der Waals surface area contributed by atoms with E-state index in [2.05, 4.69) is 28.5 Å². The number of nitrogens with zero attached hydrogens (tertiary/aromatic N) is 1. The molecule has 3 rings (SSSR count). The molecule has 4 heteroatoms. The standard InChI is InChI=1S/C19H24N2O2/c1-22-19-11-15(12-21-14-16-5-4-10-20-13-16)8-9-18(19)23-17-6-2-3-7-17/h4-5,8-11,13,17,21H,2-3,6-7,12,14H2,1H3. The van der Waals surface area contributed by atoms with Crippen LogP contribution >= 0.6 is 0 Å². The molecule has 0 aliphatic heterocycles. The fourth-order valence-electron chi connectivity index (χ4n) is 2.96. The Morgan fingerprint density at radius 2 is 1.91 bits per heavy atom. The lowest BCUT2D eigenvalue weighted by molar-refractivity contribution is 0.200. The second-order valence-electron chi connectivity index (χ2n) is 5.97. The summed E-state index contributed by atoms with van der Waals surface area (Å²) in [6, 6.07) is 10.2. The minimum Gasteiger partial charge on any atom is -0.493 e. The van der Waals surface area contributed by atoms with Gasteiger partial charge in [0.1, 0.15) is 0 Å². The number of ether oxygens (including phenoxy) is 2. The van der Waals surface area contributed by atoms with E-state index in [9.17, 15) is 0 Å². The first-order chi connectivity index (χ1) is 11.3. The van der Waals surface area contributed by atoms with Crippen LogP contribution in [0.1, 0.15) is 36.8 Å². The zero-order valence-electron chi connectivity index (χ0n) is 13.6. The van der Waals surface area contributed by atoms with Gasteiger partial charge in [-0.2, -0.15) is 0 Å². The van der Waals surface area contributed by atoms with Gasteiger partial charge in [-0.05, 0) is 55.0 Å². The van der Waals surface area contributed by atoms with Crippen LogP contribution in [0.3, 0.4) is 0 Å². The molecule has 0 radical (unpaired) electrons. The second kappa shape index (κ2) is 7.97. The van der Waals surface area contributed by atoms with E-state index in [1.165, 1.54) is 24.0 Å². The highest BCUT2D eigenvalue weighted by Gasteiger charge is 2.18. The Morgan fingerprint density at radius 1 is 1.09 bits per heavy atom. The van der Waals surface area contributed by atoms with Crippen molar-refractivity contribution in [3.63, 3.8) is 0 Å². The predicted octanol–water partition coefficient (Wildman–Crippen LogP) is 3.70. The summed E-state index contributed by atoms with van der Waals surface area (Å²) < 4.78 is 11.6. The molecule has 1 aromatic heterocycles. The normalized spacial score (nSPS) is 14.8. The van der Waals surface area contributed by atoms with Gasteiger partial charge < -0.3 is 14.8 Å². The average Bonchev–Trinajstić information content (AvgIpc) is 3.10. The summed E-state index contributed by atoms with van der Waals surface area (Å²) in [6.45, 7) is 1.59. The molecule has 0 atom stereocenters. The predicted molar refractivity (Wildman–Crippen MR) is 90.7 cm³/mol. The molecule has 0 spiro atoms. The Kier molecular flexibility index (Phi) is 5.48. The molecule has 1 N–H and O–H groups in total. The highest BCUT2D eigenvalue weighted by molar-refractivity contribution is 5.43. The van der Waals surface area contributed by atoms with Gasteiger partial charge in [0, 0.05) is 25.5 Å². The number of pyridine rings is 1. The molecule has 0 unspecified atom stereocenters. The van der Waals surface area contributed by atoms with Gasteiger partial charge in [-0.15, -0.1) is 0 Å². The number of methoxy groups -OCH3 is 1. The van der Waals surface area contributed by atoms with Crippen molar-refractivity contribution in [3.8, 4) is 11.5 Å². The Bertz CT molecular complexity index is 610. The van der Waals surface area contributed by atoms with E-state index in [1.54, 1.807) is 13.3 Å². The third kappa shape index (κ3) is 4.45. The van der Waals surface area contributed by atoms with Crippen molar-refractivity contribution in [2.45, 2.75) is 44.9 Å². The average molecular weight is 312 g/mol. The van der Waals surface area contributed by atoms with Crippen LogP contribution in [0.15, 0.2) is 42.7 Å². The lowest BCUT2D eigenvalue weighted by Gasteiger charge is -2.16. The summed E-state index contributed by atoms with van der Waals surface area (Å²) >= 11 is 0. The molecule has 23 heavy (non-hydrogen) atoms. The largest absolute Gasteiger partial charge is 0.493 e. The number of rotatable bonds is 7. The van der Waals surface area contributed by atoms with Gasteiger partial charge in [-0.1, -0.05) is 12.1 Å². The maximum atomic E-state index is 6.07. The van der Waals surface area contributed by atoms with E-state index >= 15 is 0 Å². The zero-order chi connectivity index (χ0) is 15.9. The molecule has 0 saturated heterocycles. The number of aromatic nitrogens is 1. The molecule has 4 nitrogen and oxygen atoms in total. The monoisotopic (exact) mass is 312 g/mol. The fraction of sp³-hybridized carbons (Fsp3) is 0.421. The zero-order valence-corrected chi connectivity index (χ0v) is 13.6. The van der Waals surface area contributed by atoms with Crippen molar-refractivity contribution in [1.82, 2.24) is 10.3 Å². The van der Waals surface area contributed by atoms with Gasteiger partial charge in [-0.25, -0.2) is 0 Å². The Balaban J connectivity index is 1.57. The Morgan fingerprint density at radius 3 is 2.65 bits per heavy atom. The first-order valence-corrected chi connectivity index (χ1v) is 8.28. The van der Waals surface area contributed by atoms with Gasteiger partial charge in [0.15, 0.2) is 11.5 Å². The maximum Gasteiger partial charge on any atom is 0.161 e. The highest BCUT2D eigenvalue weighted by Crippen LogP contribution is 2.32. The van der Waals surface area contributed by atoms with Crippen molar-refractivity contribution >= 4 is 0 Å². The van der Waals surface area contributed by atoms with Crippen molar-refractivity contribution in [2.24, 2.45) is 0 Å². The van der Waals surface area contributed by atoms with Crippen molar-refractivity contribution < 1.29 is 9.47 Å². The summed E-state index contributed by atoms with van der Waals surface area (Å²) in [6.07, 6.45) is 8.85. The summed E-state index contributed by atoms with van der Waals surface area (Å²) in [5.41, 5.74) is 2.37. The van der Waals surface area contributed by atoms with Gasteiger partial charge in [0.25, 0.3) is 0 Å². The molecule has 122 valence electrons. The van der Waals surface area contributed by atoms with Crippen LogP contribution in [0, 0.1) is 0 Å². The SMILES string of the molecule is COc1cc(CNCc2cccnc2)ccc1OC1CCCC1. The molecular formula is C19H24N2O2. The van der Waals surface area contributed by atoms with E-state index in [0.717, 1.165) is 37.4 Å².